The summed E-state index contributed by atoms with van der Waals surface area (Å²) in [7, 11) is 0. The van der Waals surface area contributed by atoms with Gasteiger partial charge in [-0.25, -0.2) is 4.79 Å². The smallest absolute Gasteiger partial charge is 0.416 e. The Morgan fingerprint density at radius 3 is 2.04 bits per heavy atom. The van der Waals surface area contributed by atoms with Crippen molar-refractivity contribution >= 4 is 23.3 Å². The van der Waals surface area contributed by atoms with Crippen molar-refractivity contribution in [1.29, 1.82) is 0 Å². The molecule has 0 spiro atoms. The molecule has 0 aromatic heterocycles. The molecule has 0 amide bonds. The van der Waals surface area contributed by atoms with E-state index >= 15 is 0 Å². The Balaban J connectivity index is 3.17. The lowest BCUT2D eigenvalue weighted by molar-refractivity contribution is -0.158. The molecule has 1 atom stereocenters. The second kappa shape index (κ2) is 6.82. The number of halogens is 4. The summed E-state index contributed by atoms with van der Waals surface area (Å²) in [6.07, 6.45) is -4.52. The maximum Gasteiger partial charge on any atom is 0.416 e. The van der Waals surface area contributed by atoms with Gasteiger partial charge in [0.1, 0.15) is 11.6 Å². The van der Waals surface area contributed by atoms with Gasteiger partial charge in [0, 0.05) is 10.7 Å². The fourth-order valence-corrected chi connectivity index (χ4v) is 2.23. The van der Waals surface area contributed by atoms with Gasteiger partial charge < -0.3 is 10.1 Å². The standard InChI is InChI=1S/C17H23ClF3NO2/c1-15(2,3)13(14(23)24-16(4,5)6)22-12-8-10(17(19,20)21)7-11(18)9-12/h7-9,13,22H,1-6H3/t13-/m1/s1. The minimum absolute atomic E-state index is 0.0656. The van der Waals surface area contributed by atoms with Gasteiger partial charge in [-0.1, -0.05) is 32.4 Å². The van der Waals surface area contributed by atoms with E-state index < -0.39 is 34.8 Å². The quantitative estimate of drug-likeness (QED) is 0.716. The van der Waals surface area contributed by atoms with Crippen molar-refractivity contribution in [3.8, 4) is 0 Å². The molecule has 0 fully saturated rings. The monoisotopic (exact) mass is 365 g/mol. The van der Waals surface area contributed by atoms with E-state index in [1.165, 1.54) is 6.07 Å². The molecule has 1 aromatic rings. The first kappa shape index (κ1) is 20.6. The van der Waals surface area contributed by atoms with Crippen LogP contribution < -0.4 is 5.32 Å². The summed E-state index contributed by atoms with van der Waals surface area (Å²) in [6.45, 7) is 10.6. The third-order valence-corrected chi connectivity index (χ3v) is 3.26. The van der Waals surface area contributed by atoms with Crippen LogP contribution >= 0.6 is 11.6 Å². The van der Waals surface area contributed by atoms with Crippen LogP contribution in [0.3, 0.4) is 0 Å². The Morgan fingerprint density at radius 2 is 1.62 bits per heavy atom. The molecule has 3 nitrogen and oxygen atoms in total. The van der Waals surface area contributed by atoms with Crippen molar-refractivity contribution < 1.29 is 22.7 Å². The van der Waals surface area contributed by atoms with Crippen LogP contribution in [0.15, 0.2) is 18.2 Å². The highest BCUT2D eigenvalue weighted by Gasteiger charge is 2.36. The lowest BCUT2D eigenvalue weighted by atomic mass is 9.86. The Bertz CT molecular complexity index is 601. The van der Waals surface area contributed by atoms with Crippen molar-refractivity contribution in [2.45, 2.75) is 59.4 Å². The molecule has 0 unspecified atom stereocenters. The zero-order valence-electron chi connectivity index (χ0n) is 14.6. The Kier molecular flexibility index (Phi) is 5.86. The molecule has 0 aliphatic rings. The van der Waals surface area contributed by atoms with Gasteiger partial charge >= 0.3 is 12.1 Å². The van der Waals surface area contributed by atoms with E-state index in [0.717, 1.165) is 12.1 Å². The topological polar surface area (TPSA) is 38.3 Å². The molecule has 0 saturated carbocycles. The second-order valence-electron chi connectivity index (χ2n) is 7.70. The highest BCUT2D eigenvalue weighted by atomic mass is 35.5. The lowest BCUT2D eigenvalue weighted by Crippen LogP contribution is -2.44. The maximum atomic E-state index is 12.9. The van der Waals surface area contributed by atoms with Crippen LogP contribution in [0.4, 0.5) is 18.9 Å². The first-order valence-electron chi connectivity index (χ1n) is 7.47. The van der Waals surface area contributed by atoms with Gasteiger partial charge in [0.2, 0.25) is 0 Å². The average molecular weight is 366 g/mol. The summed E-state index contributed by atoms with van der Waals surface area (Å²) in [4.78, 5) is 12.4. The number of benzene rings is 1. The van der Waals surface area contributed by atoms with E-state index in [1.54, 1.807) is 41.5 Å². The van der Waals surface area contributed by atoms with Gasteiger partial charge in [-0.15, -0.1) is 0 Å². The molecule has 1 rings (SSSR count). The summed E-state index contributed by atoms with van der Waals surface area (Å²) >= 11 is 5.78. The summed E-state index contributed by atoms with van der Waals surface area (Å²) < 4.78 is 44.1. The Labute approximate surface area is 145 Å². The van der Waals surface area contributed by atoms with Crippen LogP contribution in [0.2, 0.25) is 5.02 Å². The Morgan fingerprint density at radius 1 is 1.08 bits per heavy atom. The maximum absolute atomic E-state index is 12.9. The van der Waals surface area contributed by atoms with Crippen molar-refractivity contribution in [1.82, 2.24) is 0 Å². The number of hydrogen-bond donors (Lipinski definition) is 1. The molecule has 0 aliphatic heterocycles. The van der Waals surface area contributed by atoms with E-state index in [0.29, 0.717) is 0 Å². The molecule has 1 aromatic carbocycles. The van der Waals surface area contributed by atoms with Crippen LogP contribution in [0.1, 0.15) is 47.1 Å². The molecule has 0 radical (unpaired) electrons. The predicted molar refractivity (Wildman–Crippen MR) is 89.2 cm³/mol. The van der Waals surface area contributed by atoms with Gasteiger partial charge in [0.25, 0.3) is 0 Å². The van der Waals surface area contributed by atoms with Gasteiger partial charge in [-0.05, 0) is 44.4 Å². The fraction of sp³-hybridized carbons (Fsp3) is 0.588. The number of hydrogen-bond acceptors (Lipinski definition) is 3. The second-order valence-corrected chi connectivity index (χ2v) is 8.14. The number of carbonyl (C=O) groups is 1. The minimum Gasteiger partial charge on any atom is -0.458 e. The number of esters is 1. The molecule has 136 valence electrons. The van der Waals surface area contributed by atoms with E-state index in [9.17, 15) is 18.0 Å². The average Bonchev–Trinajstić information content (AvgIpc) is 2.30. The fourth-order valence-electron chi connectivity index (χ4n) is 1.99. The summed E-state index contributed by atoms with van der Waals surface area (Å²) in [5, 5.41) is 2.77. The zero-order valence-corrected chi connectivity index (χ0v) is 15.4. The zero-order chi connectivity index (χ0) is 18.9. The number of anilines is 1. The van der Waals surface area contributed by atoms with E-state index in [-0.39, 0.29) is 10.7 Å². The third-order valence-electron chi connectivity index (χ3n) is 3.04. The van der Waals surface area contributed by atoms with Gasteiger partial charge in [0.05, 0.1) is 5.56 Å². The van der Waals surface area contributed by atoms with Crippen LogP contribution in [0.25, 0.3) is 0 Å². The molecule has 0 heterocycles. The molecule has 7 heteroatoms. The van der Waals surface area contributed by atoms with Crippen LogP contribution in [-0.2, 0) is 15.7 Å². The normalized spacial score (nSPS) is 14.2. The Hall–Kier alpha value is -1.43. The lowest BCUT2D eigenvalue weighted by Gasteiger charge is -2.33. The highest BCUT2D eigenvalue weighted by Crippen LogP contribution is 2.34. The van der Waals surface area contributed by atoms with Crippen molar-refractivity contribution in [3.63, 3.8) is 0 Å². The summed E-state index contributed by atoms with van der Waals surface area (Å²) in [6, 6.07) is 2.28. The number of nitrogens with one attached hydrogen (secondary N) is 1. The number of ether oxygens (including phenoxy) is 1. The number of carbonyl (C=O) groups excluding carboxylic acids is 1. The van der Waals surface area contributed by atoms with Crippen LogP contribution in [-0.4, -0.2) is 17.6 Å². The molecule has 0 bridgehead atoms. The van der Waals surface area contributed by atoms with Crippen molar-refractivity contribution in [2.75, 3.05) is 5.32 Å². The first-order chi connectivity index (χ1) is 10.6. The molecule has 0 saturated heterocycles. The summed E-state index contributed by atoms with van der Waals surface area (Å²) in [5.41, 5.74) is -2.05. The molecule has 24 heavy (non-hydrogen) atoms. The van der Waals surface area contributed by atoms with E-state index in [1.807, 2.05) is 0 Å². The molecular formula is C17H23ClF3NO2. The third kappa shape index (κ3) is 6.23. The van der Waals surface area contributed by atoms with Crippen molar-refractivity contribution in [3.05, 3.63) is 28.8 Å². The molecule has 1 N–H and O–H groups in total. The van der Waals surface area contributed by atoms with E-state index in [4.69, 9.17) is 16.3 Å². The molecular weight excluding hydrogens is 343 g/mol. The minimum atomic E-state index is -4.52. The van der Waals surface area contributed by atoms with Gasteiger partial charge in [-0.3, -0.25) is 0 Å². The van der Waals surface area contributed by atoms with Gasteiger partial charge in [-0.2, -0.15) is 13.2 Å². The van der Waals surface area contributed by atoms with Crippen LogP contribution in [0, 0.1) is 5.41 Å². The largest absolute Gasteiger partial charge is 0.458 e. The van der Waals surface area contributed by atoms with Crippen molar-refractivity contribution in [2.24, 2.45) is 5.41 Å². The number of alkyl halides is 3. The molecule has 0 aliphatic carbocycles. The first-order valence-corrected chi connectivity index (χ1v) is 7.84. The highest BCUT2D eigenvalue weighted by molar-refractivity contribution is 6.31. The number of rotatable bonds is 3. The van der Waals surface area contributed by atoms with Gasteiger partial charge in [0.15, 0.2) is 0 Å². The predicted octanol–water partition coefficient (Wildman–Crippen LogP) is 5.53. The SMILES string of the molecule is CC(C)(C)OC(=O)[C@@H](Nc1cc(Cl)cc(C(F)(F)F)c1)C(C)(C)C. The van der Waals surface area contributed by atoms with Crippen LogP contribution in [0.5, 0.6) is 0 Å². The summed E-state index contributed by atoms with van der Waals surface area (Å²) in [5.74, 6) is -0.538. The van der Waals surface area contributed by atoms with E-state index in [2.05, 4.69) is 5.32 Å².